The van der Waals surface area contributed by atoms with Crippen LogP contribution in [0.2, 0.25) is 0 Å². The van der Waals surface area contributed by atoms with Crippen molar-refractivity contribution in [2.24, 2.45) is 5.92 Å². The number of fused-ring (bicyclic) bond motifs is 1. The normalized spacial score (nSPS) is 29.0. The Hall–Kier alpha value is -1.55. The second kappa shape index (κ2) is 6.40. The van der Waals surface area contributed by atoms with Crippen molar-refractivity contribution in [1.29, 1.82) is 0 Å². The van der Waals surface area contributed by atoms with Crippen molar-refractivity contribution in [2.45, 2.75) is 58.2 Å². The minimum absolute atomic E-state index is 0.0502. The zero-order valence-corrected chi connectivity index (χ0v) is 15.3. The Balaban J connectivity index is 1.57. The Bertz CT molecular complexity index is 613. The lowest BCUT2D eigenvalue weighted by Gasteiger charge is -2.53. The molecule has 0 aromatic heterocycles. The minimum Gasteiger partial charge on any atom is -0.484 e. The first-order chi connectivity index (χ1) is 11.3. The number of hydrogen-bond donors (Lipinski definition) is 0. The van der Waals surface area contributed by atoms with Crippen LogP contribution in [0.15, 0.2) is 24.3 Å². The topological polar surface area (TPSA) is 38.8 Å². The van der Waals surface area contributed by atoms with Gasteiger partial charge in [-0.05, 0) is 58.6 Å². The number of para-hydroxylation sites is 1. The van der Waals surface area contributed by atoms with Crippen LogP contribution < -0.4 is 4.74 Å². The van der Waals surface area contributed by atoms with Gasteiger partial charge < -0.3 is 14.4 Å². The number of ether oxygens (including phenoxy) is 2. The van der Waals surface area contributed by atoms with Crippen LogP contribution in [0.4, 0.5) is 0 Å². The van der Waals surface area contributed by atoms with E-state index in [1.807, 2.05) is 36.1 Å². The lowest BCUT2D eigenvalue weighted by molar-refractivity contribution is -0.214. The van der Waals surface area contributed by atoms with Crippen molar-refractivity contribution in [1.82, 2.24) is 4.90 Å². The lowest BCUT2D eigenvalue weighted by Crippen LogP contribution is -2.59. The second-order valence-corrected chi connectivity index (χ2v) is 8.05. The summed E-state index contributed by atoms with van der Waals surface area (Å²) in [5.74, 6) is 1.28. The molecule has 2 saturated heterocycles. The van der Waals surface area contributed by atoms with Gasteiger partial charge in [0.1, 0.15) is 5.75 Å². The molecule has 1 amide bonds. The Kier molecular flexibility index (Phi) is 4.60. The quantitative estimate of drug-likeness (QED) is 0.850. The van der Waals surface area contributed by atoms with E-state index in [1.54, 1.807) is 0 Å². The first-order valence-corrected chi connectivity index (χ1v) is 8.95. The van der Waals surface area contributed by atoms with E-state index in [0.29, 0.717) is 5.92 Å². The van der Waals surface area contributed by atoms with Crippen LogP contribution in [0.1, 0.15) is 45.6 Å². The van der Waals surface area contributed by atoms with Gasteiger partial charge in [-0.1, -0.05) is 18.2 Å². The summed E-state index contributed by atoms with van der Waals surface area (Å²) < 4.78 is 12.1. The SMILES string of the molecule is Cc1ccccc1OCC(=O)N1CC[C@@]2(C)OC(C)(C)CC[C@H]2C1. The van der Waals surface area contributed by atoms with Gasteiger partial charge in [-0.15, -0.1) is 0 Å². The van der Waals surface area contributed by atoms with Crippen molar-refractivity contribution < 1.29 is 14.3 Å². The fourth-order valence-electron chi connectivity index (χ4n) is 4.02. The van der Waals surface area contributed by atoms with Gasteiger partial charge in [0, 0.05) is 19.0 Å². The smallest absolute Gasteiger partial charge is 0.260 e. The first kappa shape index (κ1) is 17.3. The molecule has 0 saturated carbocycles. The summed E-state index contributed by atoms with van der Waals surface area (Å²) in [4.78, 5) is 14.5. The first-order valence-electron chi connectivity index (χ1n) is 8.95. The van der Waals surface area contributed by atoms with Gasteiger partial charge in [0.2, 0.25) is 0 Å². The summed E-state index contributed by atoms with van der Waals surface area (Å²) in [5, 5.41) is 0. The highest BCUT2D eigenvalue weighted by atomic mass is 16.5. The van der Waals surface area contributed by atoms with E-state index in [2.05, 4.69) is 20.8 Å². The number of aryl methyl sites for hydroxylation is 1. The number of hydrogen-bond acceptors (Lipinski definition) is 3. The number of nitrogens with zero attached hydrogens (tertiary/aromatic N) is 1. The van der Waals surface area contributed by atoms with Gasteiger partial charge in [-0.3, -0.25) is 4.79 Å². The van der Waals surface area contributed by atoms with Crippen LogP contribution in [0, 0.1) is 12.8 Å². The molecule has 0 bridgehead atoms. The molecule has 0 radical (unpaired) electrons. The molecule has 2 heterocycles. The summed E-state index contributed by atoms with van der Waals surface area (Å²) in [5.41, 5.74) is 0.903. The molecule has 0 unspecified atom stereocenters. The van der Waals surface area contributed by atoms with Gasteiger partial charge in [-0.2, -0.15) is 0 Å². The fraction of sp³-hybridized carbons (Fsp3) is 0.650. The number of benzene rings is 1. The van der Waals surface area contributed by atoms with E-state index >= 15 is 0 Å². The summed E-state index contributed by atoms with van der Waals surface area (Å²) in [6.45, 7) is 10.2. The van der Waals surface area contributed by atoms with Crippen LogP contribution in [-0.4, -0.2) is 41.7 Å². The fourth-order valence-corrected chi connectivity index (χ4v) is 4.02. The number of carbonyl (C=O) groups is 1. The Morgan fingerprint density at radius 1 is 1.29 bits per heavy atom. The minimum atomic E-state index is -0.102. The van der Waals surface area contributed by atoms with E-state index in [9.17, 15) is 4.79 Å². The standard InChI is InChI=1S/C20H29NO3/c1-15-7-5-6-8-17(15)23-14-18(22)21-12-11-20(4)16(13-21)9-10-19(2,3)24-20/h5-8,16H,9-14H2,1-4H3/t16-,20+/m0/s1. The van der Waals surface area contributed by atoms with Gasteiger partial charge in [-0.25, -0.2) is 0 Å². The molecule has 132 valence electrons. The van der Waals surface area contributed by atoms with E-state index < -0.39 is 0 Å². The third kappa shape index (κ3) is 3.59. The Morgan fingerprint density at radius 3 is 2.79 bits per heavy atom. The van der Waals surface area contributed by atoms with Crippen molar-refractivity contribution in [3.8, 4) is 5.75 Å². The van der Waals surface area contributed by atoms with Crippen molar-refractivity contribution in [3.05, 3.63) is 29.8 Å². The predicted molar refractivity (Wildman–Crippen MR) is 94.2 cm³/mol. The van der Waals surface area contributed by atoms with Gasteiger partial charge in [0.15, 0.2) is 6.61 Å². The van der Waals surface area contributed by atoms with Crippen molar-refractivity contribution >= 4 is 5.91 Å². The van der Waals surface area contributed by atoms with Gasteiger partial charge >= 0.3 is 0 Å². The molecular weight excluding hydrogens is 302 g/mol. The Labute approximate surface area is 145 Å². The van der Waals surface area contributed by atoms with E-state index in [1.165, 1.54) is 0 Å². The summed E-state index contributed by atoms with van der Waals surface area (Å²) >= 11 is 0. The largest absolute Gasteiger partial charge is 0.484 e. The molecular formula is C20H29NO3. The molecule has 4 heteroatoms. The molecule has 0 spiro atoms. The molecule has 24 heavy (non-hydrogen) atoms. The Morgan fingerprint density at radius 2 is 2.04 bits per heavy atom. The number of carbonyl (C=O) groups excluding carboxylic acids is 1. The zero-order chi connectivity index (χ0) is 17.4. The number of rotatable bonds is 3. The van der Waals surface area contributed by atoms with E-state index in [0.717, 1.165) is 43.7 Å². The highest BCUT2D eigenvalue weighted by Gasteiger charge is 2.47. The molecule has 1 aromatic carbocycles. The number of likely N-dealkylation sites (tertiary alicyclic amines) is 1. The average Bonchev–Trinajstić information content (AvgIpc) is 2.52. The maximum Gasteiger partial charge on any atom is 0.260 e. The maximum atomic E-state index is 12.5. The predicted octanol–water partition coefficient (Wildman–Crippen LogP) is 3.57. The highest BCUT2D eigenvalue weighted by Crippen LogP contribution is 2.43. The molecule has 2 aliphatic rings. The van der Waals surface area contributed by atoms with E-state index in [-0.39, 0.29) is 23.7 Å². The third-order valence-electron chi connectivity index (χ3n) is 5.58. The number of piperidine rings is 1. The summed E-state index contributed by atoms with van der Waals surface area (Å²) in [6, 6.07) is 7.81. The zero-order valence-electron chi connectivity index (χ0n) is 15.3. The molecule has 2 fully saturated rings. The van der Waals surface area contributed by atoms with Crippen LogP contribution >= 0.6 is 0 Å². The van der Waals surface area contributed by atoms with Gasteiger partial charge in [0.25, 0.3) is 5.91 Å². The lowest BCUT2D eigenvalue weighted by atomic mass is 9.74. The summed E-state index contributed by atoms with van der Waals surface area (Å²) in [6.07, 6.45) is 3.07. The maximum absolute atomic E-state index is 12.5. The molecule has 0 aliphatic carbocycles. The van der Waals surface area contributed by atoms with E-state index in [4.69, 9.17) is 9.47 Å². The van der Waals surface area contributed by atoms with Crippen molar-refractivity contribution in [2.75, 3.05) is 19.7 Å². The summed E-state index contributed by atoms with van der Waals surface area (Å²) in [7, 11) is 0. The monoisotopic (exact) mass is 331 g/mol. The molecule has 2 aliphatic heterocycles. The average molecular weight is 331 g/mol. The second-order valence-electron chi connectivity index (χ2n) is 8.05. The van der Waals surface area contributed by atoms with Crippen LogP contribution in [0.3, 0.4) is 0 Å². The van der Waals surface area contributed by atoms with Crippen LogP contribution in [-0.2, 0) is 9.53 Å². The number of amides is 1. The molecule has 3 rings (SSSR count). The third-order valence-corrected chi connectivity index (χ3v) is 5.58. The van der Waals surface area contributed by atoms with Crippen molar-refractivity contribution in [3.63, 3.8) is 0 Å². The highest BCUT2D eigenvalue weighted by molar-refractivity contribution is 5.78. The van der Waals surface area contributed by atoms with Gasteiger partial charge in [0.05, 0.1) is 11.2 Å². The molecule has 4 nitrogen and oxygen atoms in total. The van der Waals surface area contributed by atoms with Crippen LogP contribution in [0.5, 0.6) is 5.75 Å². The molecule has 2 atom stereocenters. The molecule has 0 N–H and O–H groups in total. The van der Waals surface area contributed by atoms with Crippen LogP contribution in [0.25, 0.3) is 0 Å². The molecule has 1 aromatic rings.